The molecule has 130 valence electrons. The fourth-order valence-electron chi connectivity index (χ4n) is 2.63. The van der Waals surface area contributed by atoms with Gasteiger partial charge in [0.05, 0.1) is 19.3 Å². The molecular weight excluding hydrogens is 312 g/mol. The number of amides is 1. The van der Waals surface area contributed by atoms with Crippen LogP contribution in [0.5, 0.6) is 0 Å². The molecule has 0 spiro atoms. The number of ether oxygens (including phenoxy) is 1. The minimum Gasteiger partial charge on any atom is -0.378 e. The van der Waals surface area contributed by atoms with Crippen LogP contribution in [0.2, 0.25) is 0 Å². The van der Waals surface area contributed by atoms with Gasteiger partial charge in [-0.3, -0.25) is 4.79 Å². The van der Waals surface area contributed by atoms with E-state index in [2.05, 4.69) is 55.7 Å². The summed E-state index contributed by atoms with van der Waals surface area (Å²) >= 11 is 0. The van der Waals surface area contributed by atoms with Gasteiger partial charge >= 0.3 is 0 Å². The van der Waals surface area contributed by atoms with Crippen LogP contribution in [-0.4, -0.2) is 31.7 Å². The third kappa shape index (κ3) is 6.13. The second-order valence-electron chi connectivity index (χ2n) is 7.09. The maximum absolute atomic E-state index is 12.1. The molecule has 1 aromatic carbocycles. The van der Waals surface area contributed by atoms with Crippen molar-refractivity contribution in [2.45, 2.75) is 51.6 Å². The molecule has 0 saturated carbocycles. The van der Waals surface area contributed by atoms with Gasteiger partial charge in [-0.15, -0.1) is 12.4 Å². The highest BCUT2D eigenvalue weighted by atomic mass is 35.5. The van der Waals surface area contributed by atoms with Crippen molar-refractivity contribution in [1.82, 2.24) is 10.6 Å². The number of nitrogens with one attached hydrogen (secondary N) is 2. The molecule has 1 aromatic rings. The molecule has 1 aliphatic rings. The summed E-state index contributed by atoms with van der Waals surface area (Å²) in [6.07, 6.45) is 0.463. The third-order valence-corrected chi connectivity index (χ3v) is 4.08. The van der Waals surface area contributed by atoms with Crippen LogP contribution in [0, 0.1) is 0 Å². The van der Waals surface area contributed by atoms with E-state index < -0.39 is 0 Å². The van der Waals surface area contributed by atoms with Crippen molar-refractivity contribution in [3.05, 3.63) is 35.4 Å². The van der Waals surface area contributed by atoms with Crippen molar-refractivity contribution in [2.75, 3.05) is 19.8 Å². The van der Waals surface area contributed by atoms with Gasteiger partial charge in [-0.05, 0) is 23.5 Å². The largest absolute Gasteiger partial charge is 0.378 e. The highest BCUT2D eigenvalue weighted by molar-refractivity contribution is 5.85. The highest BCUT2D eigenvalue weighted by Gasteiger charge is 2.19. The Kier molecular flexibility index (Phi) is 7.52. The van der Waals surface area contributed by atoms with Gasteiger partial charge in [0.25, 0.3) is 0 Å². The molecule has 2 rings (SSSR count). The minimum atomic E-state index is 0. The fourth-order valence-corrected chi connectivity index (χ4v) is 2.63. The molecule has 1 amide bonds. The summed E-state index contributed by atoms with van der Waals surface area (Å²) in [4.78, 5) is 12.1. The van der Waals surface area contributed by atoms with E-state index in [0.717, 1.165) is 18.7 Å². The lowest BCUT2D eigenvalue weighted by atomic mass is 9.86. The van der Waals surface area contributed by atoms with E-state index in [0.29, 0.717) is 13.0 Å². The zero-order valence-corrected chi connectivity index (χ0v) is 15.3. The van der Waals surface area contributed by atoms with Gasteiger partial charge in [0, 0.05) is 19.0 Å². The summed E-state index contributed by atoms with van der Waals surface area (Å²) in [6, 6.07) is 8.65. The summed E-state index contributed by atoms with van der Waals surface area (Å²) in [5, 5.41) is 6.37. The van der Waals surface area contributed by atoms with Gasteiger partial charge in [-0.2, -0.15) is 0 Å². The van der Waals surface area contributed by atoms with E-state index in [9.17, 15) is 4.79 Å². The predicted octanol–water partition coefficient (Wildman–Crippen LogP) is 2.96. The number of carbonyl (C=O) groups excluding carboxylic acids is 1. The Morgan fingerprint density at radius 2 is 2.00 bits per heavy atom. The Morgan fingerprint density at radius 1 is 1.35 bits per heavy atom. The molecule has 23 heavy (non-hydrogen) atoms. The smallest absolute Gasteiger partial charge is 0.222 e. The van der Waals surface area contributed by atoms with Crippen molar-refractivity contribution >= 4 is 18.3 Å². The highest BCUT2D eigenvalue weighted by Crippen LogP contribution is 2.23. The van der Waals surface area contributed by atoms with Gasteiger partial charge in [-0.1, -0.05) is 45.0 Å². The number of hydrogen-bond donors (Lipinski definition) is 2. The molecule has 1 saturated heterocycles. The maximum Gasteiger partial charge on any atom is 0.222 e. The second-order valence-corrected chi connectivity index (χ2v) is 7.09. The lowest BCUT2D eigenvalue weighted by Gasteiger charge is -2.24. The number of halogens is 1. The van der Waals surface area contributed by atoms with E-state index in [-0.39, 0.29) is 35.8 Å². The van der Waals surface area contributed by atoms with Crippen molar-refractivity contribution in [1.29, 1.82) is 0 Å². The van der Waals surface area contributed by atoms with Crippen molar-refractivity contribution < 1.29 is 9.53 Å². The molecule has 2 atom stereocenters. The van der Waals surface area contributed by atoms with Crippen LogP contribution in [0.15, 0.2) is 24.3 Å². The van der Waals surface area contributed by atoms with E-state index in [1.165, 1.54) is 5.56 Å². The Hall–Kier alpha value is -1.10. The number of carbonyl (C=O) groups is 1. The van der Waals surface area contributed by atoms with E-state index in [4.69, 9.17) is 4.74 Å². The maximum atomic E-state index is 12.1. The Labute approximate surface area is 145 Å². The zero-order chi connectivity index (χ0) is 16.2. The first kappa shape index (κ1) is 19.9. The van der Waals surface area contributed by atoms with Crippen LogP contribution in [0.25, 0.3) is 0 Å². The lowest BCUT2D eigenvalue weighted by molar-refractivity contribution is -0.122. The molecule has 2 N–H and O–H groups in total. The molecule has 0 aliphatic carbocycles. The van der Waals surface area contributed by atoms with E-state index >= 15 is 0 Å². The third-order valence-electron chi connectivity index (χ3n) is 4.08. The molecule has 1 fully saturated rings. The minimum absolute atomic E-state index is 0. The Morgan fingerprint density at radius 3 is 2.52 bits per heavy atom. The molecular formula is C18H29ClN2O2. The molecule has 0 aromatic heterocycles. The average molecular weight is 341 g/mol. The zero-order valence-electron chi connectivity index (χ0n) is 14.5. The first-order chi connectivity index (χ1) is 10.4. The van der Waals surface area contributed by atoms with E-state index in [1.807, 2.05) is 6.92 Å². The normalized spacial score (nSPS) is 19.6. The van der Waals surface area contributed by atoms with Crippen LogP contribution in [0.3, 0.4) is 0 Å². The monoisotopic (exact) mass is 340 g/mol. The quantitative estimate of drug-likeness (QED) is 0.886. The summed E-state index contributed by atoms with van der Waals surface area (Å²) in [5.74, 6) is 0.0652. The van der Waals surface area contributed by atoms with Crippen LogP contribution in [-0.2, 0) is 14.9 Å². The second kappa shape index (κ2) is 8.67. The van der Waals surface area contributed by atoms with Crippen LogP contribution in [0.4, 0.5) is 0 Å². The molecule has 2 unspecified atom stereocenters. The number of benzene rings is 1. The Bertz CT molecular complexity index is 491. The number of hydrogen-bond acceptors (Lipinski definition) is 3. The molecule has 5 heteroatoms. The Balaban J connectivity index is 0.00000264. The lowest BCUT2D eigenvalue weighted by Crippen LogP contribution is -2.44. The first-order valence-corrected chi connectivity index (χ1v) is 8.07. The van der Waals surface area contributed by atoms with Gasteiger partial charge < -0.3 is 15.4 Å². The van der Waals surface area contributed by atoms with Crippen LogP contribution < -0.4 is 10.6 Å². The predicted molar refractivity (Wildman–Crippen MR) is 96.2 cm³/mol. The van der Waals surface area contributed by atoms with E-state index in [1.54, 1.807) is 0 Å². The summed E-state index contributed by atoms with van der Waals surface area (Å²) in [7, 11) is 0. The first-order valence-electron chi connectivity index (χ1n) is 8.07. The molecule has 0 bridgehead atoms. The number of rotatable bonds is 4. The standard InChI is InChI=1S/C18H28N2O2.ClH/c1-13(14-5-7-15(8-6-14)18(2,3)4)20-17(21)11-16-12-22-10-9-19-16;/h5-8,13,16,19H,9-12H2,1-4H3,(H,20,21);1H. The molecule has 4 nitrogen and oxygen atoms in total. The van der Waals surface area contributed by atoms with Crippen molar-refractivity contribution in [2.24, 2.45) is 0 Å². The fraction of sp³-hybridized carbons (Fsp3) is 0.611. The molecule has 1 heterocycles. The average Bonchev–Trinajstić information content (AvgIpc) is 2.47. The summed E-state index contributed by atoms with van der Waals surface area (Å²) in [6.45, 7) is 10.8. The van der Waals surface area contributed by atoms with Gasteiger partial charge in [0.1, 0.15) is 0 Å². The van der Waals surface area contributed by atoms with Crippen LogP contribution >= 0.6 is 12.4 Å². The molecule has 1 aliphatic heterocycles. The van der Waals surface area contributed by atoms with Crippen molar-refractivity contribution in [3.63, 3.8) is 0 Å². The van der Waals surface area contributed by atoms with Crippen molar-refractivity contribution in [3.8, 4) is 0 Å². The van der Waals surface area contributed by atoms with Crippen LogP contribution in [0.1, 0.15) is 51.3 Å². The SMILES string of the molecule is CC(NC(=O)CC1COCCN1)c1ccc(C(C)(C)C)cc1.Cl. The van der Waals surface area contributed by atoms with Gasteiger partial charge in [0.15, 0.2) is 0 Å². The topological polar surface area (TPSA) is 50.4 Å². The summed E-state index contributed by atoms with van der Waals surface area (Å²) in [5.41, 5.74) is 2.59. The van der Waals surface area contributed by atoms with Gasteiger partial charge in [0.2, 0.25) is 5.91 Å². The van der Waals surface area contributed by atoms with Gasteiger partial charge in [-0.25, -0.2) is 0 Å². The molecule has 0 radical (unpaired) electrons. The summed E-state index contributed by atoms with van der Waals surface area (Å²) < 4.78 is 5.38. The number of morpholine rings is 1.